The fourth-order valence-electron chi connectivity index (χ4n) is 3.28. The Balaban J connectivity index is 1.42. The molecule has 1 amide bonds. The third-order valence-corrected chi connectivity index (χ3v) is 6.83. The van der Waals surface area contributed by atoms with E-state index in [0.717, 1.165) is 17.8 Å². The van der Waals surface area contributed by atoms with Crippen molar-refractivity contribution in [3.63, 3.8) is 0 Å². The largest absolute Gasteiger partial charge is 0.336 e. The van der Waals surface area contributed by atoms with Gasteiger partial charge in [0.15, 0.2) is 11.6 Å². The van der Waals surface area contributed by atoms with Gasteiger partial charge in [-0.25, -0.2) is 21.9 Å². The van der Waals surface area contributed by atoms with E-state index in [0.29, 0.717) is 11.6 Å². The van der Waals surface area contributed by atoms with Crippen LogP contribution in [0.2, 0.25) is 0 Å². The summed E-state index contributed by atoms with van der Waals surface area (Å²) in [7, 11) is -3.97. The van der Waals surface area contributed by atoms with Crippen molar-refractivity contribution in [1.82, 2.24) is 19.0 Å². The van der Waals surface area contributed by atoms with Gasteiger partial charge >= 0.3 is 0 Å². The molecule has 0 aliphatic carbocycles. The van der Waals surface area contributed by atoms with Crippen molar-refractivity contribution in [3.05, 3.63) is 78.1 Å². The summed E-state index contributed by atoms with van der Waals surface area (Å²) in [6.45, 7) is 0.530. The second-order valence-electron chi connectivity index (χ2n) is 6.77. The third kappa shape index (κ3) is 3.83. The number of sulfonamides is 1. The lowest BCUT2D eigenvalue weighted by atomic mass is 10.1. The van der Waals surface area contributed by atoms with E-state index in [4.69, 9.17) is 0 Å². The minimum atomic E-state index is -3.97. The number of aromatic nitrogens is 2. The number of halogens is 2. The number of piperazine rings is 1. The van der Waals surface area contributed by atoms with Crippen molar-refractivity contribution in [2.75, 3.05) is 26.2 Å². The molecule has 1 saturated heterocycles. The second kappa shape index (κ2) is 7.96. The van der Waals surface area contributed by atoms with Crippen molar-refractivity contribution in [2.45, 2.75) is 4.90 Å². The maximum absolute atomic E-state index is 13.4. The first-order valence-corrected chi connectivity index (χ1v) is 10.6. The monoisotopic (exact) mass is 432 g/mol. The van der Waals surface area contributed by atoms with Crippen molar-refractivity contribution in [3.8, 4) is 5.69 Å². The number of hydrogen-bond acceptors (Lipinski definition) is 4. The molecule has 10 heteroatoms. The number of carbonyl (C=O) groups is 1. The number of rotatable bonds is 4. The molecule has 1 aromatic heterocycles. The maximum atomic E-state index is 13.4. The Morgan fingerprint density at radius 3 is 2.23 bits per heavy atom. The molecule has 0 radical (unpaired) electrons. The first-order chi connectivity index (χ1) is 14.4. The molecule has 4 rings (SSSR count). The van der Waals surface area contributed by atoms with E-state index in [1.165, 1.54) is 4.31 Å². The van der Waals surface area contributed by atoms with E-state index >= 15 is 0 Å². The molecule has 1 fully saturated rings. The highest BCUT2D eigenvalue weighted by Crippen LogP contribution is 2.21. The topological polar surface area (TPSA) is 75.5 Å². The standard InChI is InChI=1S/C20H18F2N4O3S/c21-18-7-6-17(14-19(18)22)30(28,29)25-12-10-24(11-13-25)20(27)15-2-4-16(5-3-15)26-9-1-8-23-26/h1-9,14H,10-13H2. The molecule has 1 aliphatic heterocycles. The summed E-state index contributed by atoms with van der Waals surface area (Å²) in [5.74, 6) is -2.53. The van der Waals surface area contributed by atoms with Gasteiger partial charge in [0.25, 0.3) is 5.91 Å². The summed E-state index contributed by atoms with van der Waals surface area (Å²) in [5, 5.41) is 4.13. The van der Waals surface area contributed by atoms with E-state index in [2.05, 4.69) is 5.10 Å². The summed E-state index contributed by atoms with van der Waals surface area (Å²) in [6, 6.07) is 11.2. The molecule has 2 aromatic carbocycles. The van der Waals surface area contributed by atoms with E-state index < -0.39 is 21.7 Å². The quantitative estimate of drug-likeness (QED) is 0.634. The average molecular weight is 432 g/mol. The molecular formula is C20H18F2N4O3S. The van der Waals surface area contributed by atoms with Gasteiger partial charge in [-0.1, -0.05) is 0 Å². The zero-order valence-corrected chi connectivity index (χ0v) is 16.6. The molecule has 30 heavy (non-hydrogen) atoms. The van der Waals surface area contributed by atoms with E-state index in [-0.39, 0.29) is 37.0 Å². The number of hydrogen-bond donors (Lipinski definition) is 0. The number of amides is 1. The van der Waals surface area contributed by atoms with Crippen LogP contribution in [0.5, 0.6) is 0 Å². The molecule has 0 unspecified atom stereocenters. The first-order valence-electron chi connectivity index (χ1n) is 9.21. The van der Waals surface area contributed by atoms with Gasteiger partial charge in [0.05, 0.1) is 10.6 Å². The third-order valence-electron chi connectivity index (χ3n) is 4.94. The maximum Gasteiger partial charge on any atom is 0.253 e. The predicted octanol–water partition coefficient (Wildman–Crippen LogP) is 2.30. The van der Waals surface area contributed by atoms with Crippen LogP contribution in [-0.2, 0) is 10.0 Å². The van der Waals surface area contributed by atoms with Crippen LogP contribution in [0, 0.1) is 11.6 Å². The van der Waals surface area contributed by atoms with Crippen LogP contribution < -0.4 is 0 Å². The van der Waals surface area contributed by atoms with Gasteiger partial charge in [-0.15, -0.1) is 0 Å². The summed E-state index contributed by atoms with van der Waals surface area (Å²) in [4.78, 5) is 14.0. The van der Waals surface area contributed by atoms with Crippen LogP contribution in [0.25, 0.3) is 5.69 Å². The van der Waals surface area contributed by atoms with Crippen LogP contribution >= 0.6 is 0 Å². The van der Waals surface area contributed by atoms with Crippen molar-refractivity contribution >= 4 is 15.9 Å². The first kappa shape index (κ1) is 20.2. The normalized spacial score (nSPS) is 15.3. The smallest absolute Gasteiger partial charge is 0.253 e. The Morgan fingerprint density at radius 2 is 1.63 bits per heavy atom. The zero-order valence-electron chi connectivity index (χ0n) is 15.8. The van der Waals surface area contributed by atoms with Crippen molar-refractivity contribution in [1.29, 1.82) is 0 Å². The van der Waals surface area contributed by atoms with Crippen LogP contribution in [0.4, 0.5) is 8.78 Å². The Hall–Kier alpha value is -3.11. The summed E-state index contributed by atoms with van der Waals surface area (Å²) < 4.78 is 54.7. The predicted molar refractivity (Wildman–Crippen MR) is 105 cm³/mol. The molecule has 0 saturated carbocycles. The SMILES string of the molecule is O=C(c1ccc(-n2cccn2)cc1)N1CCN(S(=O)(=O)c2ccc(F)c(F)c2)CC1. The molecular weight excluding hydrogens is 414 g/mol. The van der Waals surface area contributed by atoms with E-state index in [1.807, 2.05) is 0 Å². The van der Waals surface area contributed by atoms with Crippen LogP contribution in [-0.4, -0.2) is 59.5 Å². The van der Waals surface area contributed by atoms with Crippen LogP contribution in [0.3, 0.4) is 0 Å². The van der Waals surface area contributed by atoms with Gasteiger partial charge in [0, 0.05) is 44.1 Å². The molecule has 156 valence electrons. The molecule has 2 heterocycles. The molecule has 1 aliphatic rings. The van der Waals surface area contributed by atoms with Crippen LogP contribution in [0.15, 0.2) is 65.8 Å². The lowest BCUT2D eigenvalue weighted by Crippen LogP contribution is -2.50. The number of nitrogens with zero attached hydrogens (tertiary/aromatic N) is 4. The van der Waals surface area contributed by atoms with Crippen LogP contribution in [0.1, 0.15) is 10.4 Å². The van der Waals surface area contributed by atoms with Gasteiger partial charge in [0.1, 0.15) is 0 Å². The summed E-state index contributed by atoms with van der Waals surface area (Å²) in [5.41, 5.74) is 1.31. The average Bonchev–Trinajstić information content (AvgIpc) is 3.30. The fourth-order valence-corrected chi connectivity index (χ4v) is 4.71. The Kier molecular flexibility index (Phi) is 5.35. The minimum absolute atomic E-state index is 0.0679. The van der Waals surface area contributed by atoms with E-state index in [1.54, 1.807) is 52.3 Å². The number of carbonyl (C=O) groups excluding carboxylic acids is 1. The highest BCUT2D eigenvalue weighted by molar-refractivity contribution is 7.89. The molecule has 0 bridgehead atoms. The number of benzene rings is 2. The highest BCUT2D eigenvalue weighted by atomic mass is 32.2. The molecule has 0 atom stereocenters. The van der Waals surface area contributed by atoms with Gasteiger partial charge in [-0.2, -0.15) is 9.40 Å². The lowest BCUT2D eigenvalue weighted by molar-refractivity contribution is 0.0698. The Bertz CT molecular complexity index is 1160. The molecule has 7 nitrogen and oxygen atoms in total. The summed E-state index contributed by atoms with van der Waals surface area (Å²) in [6.07, 6.45) is 3.45. The molecule has 0 N–H and O–H groups in total. The van der Waals surface area contributed by atoms with Gasteiger partial charge in [-0.05, 0) is 48.5 Å². The minimum Gasteiger partial charge on any atom is -0.336 e. The fraction of sp³-hybridized carbons (Fsp3) is 0.200. The highest BCUT2D eigenvalue weighted by Gasteiger charge is 2.31. The van der Waals surface area contributed by atoms with Gasteiger partial charge in [-0.3, -0.25) is 4.79 Å². The van der Waals surface area contributed by atoms with Crippen molar-refractivity contribution in [2.24, 2.45) is 0 Å². The van der Waals surface area contributed by atoms with Gasteiger partial charge in [0.2, 0.25) is 10.0 Å². The zero-order chi connectivity index (χ0) is 21.3. The summed E-state index contributed by atoms with van der Waals surface area (Å²) >= 11 is 0. The Labute approximate surface area is 172 Å². The van der Waals surface area contributed by atoms with E-state index in [9.17, 15) is 22.0 Å². The lowest BCUT2D eigenvalue weighted by Gasteiger charge is -2.34. The second-order valence-corrected chi connectivity index (χ2v) is 8.71. The molecule has 0 spiro atoms. The molecule has 3 aromatic rings. The Morgan fingerprint density at radius 1 is 0.933 bits per heavy atom. The van der Waals surface area contributed by atoms with Gasteiger partial charge < -0.3 is 4.90 Å². The van der Waals surface area contributed by atoms with Crippen molar-refractivity contribution < 1.29 is 22.0 Å².